The Morgan fingerprint density at radius 1 is 1.27 bits per heavy atom. The fourth-order valence-electron chi connectivity index (χ4n) is 3.05. The van der Waals surface area contributed by atoms with Crippen LogP contribution in [0, 0.1) is 31.1 Å². The Morgan fingerprint density at radius 2 is 2.04 bits per heavy atom. The molecule has 2 amide bonds. The number of nitriles is 1. The summed E-state index contributed by atoms with van der Waals surface area (Å²) < 4.78 is 0. The van der Waals surface area contributed by atoms with Crippen molar-refractivity contribution < 1.29 is 9.59 Å². The summed E-state index contributed by atoms with van der Waals surface area (Å²) in [6.45, 7) is 4.27. The largest absolute Gasteiger partial charge is 0.326 e. The number of amides is 2. The quantitative estimate of drug-likeness (QED) is 0.896. The van der Waals surface area contributed by atoms with Gasteiger partial charge in [0.1, 0.15) is 6.07 Å². The van der Waals surface area contributed by atoms with Crippen LogP contribution in [0.2, 0.25) is 5.02 Å². The number of hydrogen-bond acceptors (Lipinski definition) is 3. The molecule has 2 aromatic rings. The zero-order valence-electron chi connectivity index (χ0n) is 14.5. The predicted octanol–water partition coefficient (Wildman–Crippen LogP) is 3.82. The van der Waals surface area contributed by atoms with Gasteiger partial charge in [0.15, 0.2) is 0 Å². The predicted molar refractivity (Wildman–Crippen MR) is 101 cm³/mol. The number of benzene rings is 2. The number of halogens is 1. The van der Waals surface area contributed by atoms with Crippen molar-refractivity contribution in [2.24, 2.45) is 5.92 Å². The molecule has 1 fully saturated rings. The fourth-order valence-corrected chi connectivity index (χ4v) is 3.28. The standard InChI is InChI=1S/C20H18ClN3O2/c1-12-3-4-13(2)18(7-12)24-11-15(8-19(24)25)20(26)23-16-6-5-14(10-22)17(21)9-16/h3-7,9,15H,8,11H2,1-2H3,(H,23,26). The maximum absolute atomic E-state index is 12.6. The first kappa shape index (κ1) is 18.0. The van der Waals surface area contributed by atoms with E-state index in [1.165, 1.54) is 6.07 Å². The molecule has 1 atom stereocenters. The molecular formula is C20H18ClN3O2. The first-order valence-corrected chi connectivity index (χ1v) is 8.65. The number of carbonyl (C=O) groups excluding carboxylic acids is 2. The van der Waals surface area contributed by atoms with Gasteiger partial charge in [-0.1, -0.05) is 23.7 Å². The van der Waals surface area contributed by atoms with Crippen LogP contribution in [0.5, 0.6) is 0 Å². The van der Waals surface area contributed by atoms with Crippen LogP contribution >= 0.6 is 11.6 Å². The number of anilines is 2. The highest BCUT2D eigenvalue weighted by Gasteiger charge is 2.35. The second-order valence-corrected chi connectivity index (χ2v) is 6.90. The summed E-state index contributed by atoms with van der Waals surface area (Å²) in [6, 6.07) is 12.6. The number of nitrogens with one attached hydrogen (secondary N) is 1. The van der Waals surface area contributed by atoms with E-state index in [1.807, 2.05) is 38.1 Å². The van der Waals surface area contributed by atoms with E-state index in [0.717, 1.165) is 16.8 Å². The van der Waals surface area contributed by atoms with Gasteiger partial charge in [-0.25, -0.2) is 0 Å². The van der Waals surface area contributed by atoms with Crippen LogP contribution < -0.4 is 10.2 Å². The van der Waals surface area contributed by atoms with Crippen LogP contribution in [0.1, 0.15) is 23.1 Å². The molecule has 1 aliphatic heterocycles. The Morgan fingerprint density at radius 3 is 2.73 bits per heavy atom. The summed E-state index contributed by atoms with van der Waals surface area (Å²) in [5, 5.41) is 12.0. The molecule has 5 nitrogen and oxygen atoms in total. The van der Waals surface area contributed by atoms with Gasteiger partial charge in [-0.3, -0.25) is 9.59 Å². The van der Waals surface area contributed by atoms with E-state index in [1.54, 1.807) is 17.0 Å². The van der Waals surface area contributed by atoms with Gasteiger partial charge >= 0.3 is 0 Å². The highest BCUT2D eigenvalue weighted by Crippen LogP contribution is 2.29. The summed E-state index contributed by atoms with van der Waals surface area (Å²) >= 11 is 6.00. The normalized spacial score (nSPS) is 16.5. The van der Waals surface area contributed by atoms with E-state index < -0.39 is 5.92 Å². The van der Waals surface area contributed by atoms with Gasteiger partial charge < -0.3 is 10.2 Å². The van der Waals surface area contributed by atoms with Crippen LogP contribution in [0.25, 0.3) is 0 Å². The molecule has 132 valence electrons. The van der Waals surface area contributed by atoms with Crippen molar-refractivity contribution in [3.63, 3.8) is 0 Å². The van der Waals surface area contributed by atoms with Gasteiger partial charge in [0.25, 0.3) is 0 Å². The van der Waals surface area contributed by atoms with Gasteiger partial charge in [-0.05, 0) is 49.2 Å². The molecule has 1 unspecified atom stereocenters. The van der Waals surface area contributed by atoms with E-state index in [4.69, 9.17) is 16.9 Å². The minimum absolute atomic E-state index is 0.0586. The Hall–Kier alpha value is -2.84. The lowest BCUT2D eigenvalue weighted by Crippen LogP contribution is -2.28. The van der Waals surface area contributed by atoms with Crippen molar-refractivity contribution in [3.8, 4) is 6.07 Å². The minimum atomic E-state index is -0.433. The van der Waals surface area contributed by atoms with Crippen LogP contribution in [-0.2, 0) is 9.59 Å². The number of carbonyl (C=O) groups is 2. The van der Waals surface area contributed by atoms with Gasteiger partial charge in [0.05, 0.1) is 16.5 Å². The number of aryl methyl sites for hydroxylation is 2. The molecule has 26 heavy (non-hydrogen) atoms. The van der Waals surface area contributed by atoms with Crippen LogP contribution in [-0.4, -0.2) is 18.4 Å². The third kappa shape index (κ3) is 3.56. The van der Waals surface area contributed by atoms with Crippen LogP contribution in [0.3, 0.4) is 0 Å². The van der Waals surface area contributed by atoms with Gasteiger partial charge in [0, 0.05) is 24.3 Å². The Balaban J connectivity index is 1.74. The van der Waals surface area contributed by atoms with Gasteiger partial charge in [-0.2, -0.15) is 5.26 Å². The third-order valence-corrected chi connectivity index (χ3v) is 4.82. The average molecular weight is 368 g/mol. The molecule has 3 rings (SSSR count). The van der Waals surface area contributed by atoms with Crippen molar-refractivity contribution in [1.29, 1.82) is 5.26 Å². The molecule has 0 bridgehead atoms. The molecule has 0 saturated carbocycles. The molecule has 1 N–H and O–H groups in total. The van der Waals surface area contributed by atoms with Gasteiger partial charge in [0.2, 0.25) is 11.8 Å². The van der Waals surface area contributed by atoms with E-state index in [-0.39, 0.29) is 23.3 Å². The average Bonchev–Trinajstić information content (AvgIpc) is 2.99. The van der Waals surface area contributed by atoms with E-state index in [2.05, 4.69) is 5.32 Å². The summed E-state index contributed by atoms with van der Waals surface area (Å²) in [5.74, 6) is -0.722. The fraction of sp³-hybridized carbons (Fsp3) is 0.250. The molecule has 6 heteroatoms. The monoisotopic (exact) mass is 367 g/mol. The van der Waals surface area contributed by atoms with Crippen LogP contribution in [0.4, 0.5) is 11.4 Å². The molecule has 1 aliphatic rings. The van der Waals surface area contributed by atoms with E-state index in [9.17, 15) is 9.59 Å². The molecule has 0 aromatic heterocycles. The summed E-state index contributed by atoms with van der Waals surface area (Å²) in [5.41, 5.74) is 3.78. The molecule has 1 saturated heterocycles. The molecule has 1 heterocycles. The minimum Gasteiger partial charge on any atom is -0.326 e. The smallest absolute Gasteiger partial charge is 0.229 e. The lowest BCUT2D eigenvalue weighted by molar-refractivity contribution is -0.122. The summed E-state index contributed by atoms with van der Waals surface area (Å²) in [7, 11) is 0. The Kier molecular flexibility index (Phi) is 4.97. The zero-order chi connectivity index (χ0) is 18.8. The van der Waals surface area contributed by atoms with Crippen molar-refractivity contribution in [3.05, 3.63) is 58.1 Å². The van der Waals surface area contributed by atoms with Crippen molar-refractivity contribution in [2.45, 2.75) is 20.3 Å². The Bertz CT molecular complexity index is 933. The molecular weight excluding hydrogens is 350 g/mol. The van der Waals surface area contributed by atoms with Gasteiger partial charge in [-0.15, -0.1) is 0 Å². The topological polar surface area (TPSA) is 73.2 Å². The summed E-state index contributed by atoms with van der Waals surface area (Å²) in [6.07, 6.45) is 0.170. The highest BCUT2D eigenvalue weighted by molar-refractivity contribution is 6.32. The van der Waals surface area contributed by atoms with Crippen molar-refractivity contribution >= 4 is 34.8 Å². The third-order valence-electron chi connectivity index (χ3n) is 4.51. The molecule has 0 radical (unpaired) electrons. The molecule has 2 aromatic carbocycles. The zero-order valence-corrected chi connectivity index (χ0v) is 15.3. The Labute approximate surface area is 157 Å². The second-order valence-electron chi connectivity index (χ2n) is 6.49. The van der Waals surface area contributed by atoms with Crippen molar-refractivity contribution in [2.75, 3.05) is 16.8 Å². The lowest BCUT2D eigenvalue weighted by Gasteiger charge is -2.19. The first-order valence-electron chi connectivity index (χ1n) is 8.27. The number of hydrogen-bond donors (Lipinski definition) is 1. The summed E-state index contributed by atoms with van der Waals surface area (Å²) in [4.78, 5) is 26.7. The van der Waals surface area contributed by atoms with E-state index >= 15 is 0 Å². The van der Waals surface area contributed by atoms with E-state index in [0.29, 0.717) is 17.8 Å². The molecule has 0 spiro atoms. The highest BCUT2D eigenvalue weighted by atomic mass is 35.5. The number of rotatable bonds is 3. The van der Waals surface area contributed by atoms with Crippen molar-refractivity contribution in [1.82, 2.24) is 0 Å². The maximum atomic E-state index is 12.6. The lowest BCUT2D eigenvalue weighted by atomic mass is 10.1. The SMILES string of the molecule is Cc1ccc(C)c(N2CC(C(=O)Nc3ccc(C#N)c(Cl)c3)CC2=O)c1. The first-order chi connectivity index (χ1) is 12.4. The maximum Gasteiger partial charge on any atom is 0.229 e. The van der Waals surface area contributed by atoms with Crippen LogP contribution in [0.15, 0.2) is 36.4 Å². The molecule has 0 aliphatic carbocycles. The number of nitrogens with zero attached hydrogens (tertiary/aromatic N) is 2. The second kappa shape index (κ2) is 7.19.